The van der Waals surface area contributed by atoms with Crippen LogP contribution in [0.4, 0.5) is 10.1 Å². The molecular formula is C18H18FNO5S. The smallest absolute Gasteiger partial charge is 0.338 e. The number of sulfonamides is 1. The third kappa shape index (κ3) is 3.80. The second-order valence-corrected chi connectivity index (χ2v) is 7.85. The van der Waals surface area contributed by atoms with E-state index < -0.39 is 21.8 Å². The van der Waals surface area contributed by atoms with E-state index in [0.717, 1.165) is 0 Å². The molecule has 0 bridgehead atoms. The summed E-state index contributed by atoms with van der Waals surface area (Å²) < 4.78 is 48.8. The quantitative estimate of drug-likeness (QED) is 0.747. The number of benzene rings is 2. The summed E-state index contributed by atoms with van der Waals surface area (Å²) in [5, 5.41) is 0. The van der Waals surface area contributed by atoms with Gasteiger partial charge in [0.05, 0.1) is 24.1 Å². The first-order valence-corrected chi connectivity index (χ1v) is 9.61. The third-order valence-electron chi connectivity index (χ3n) is 4.08. The molecule has 1 saturated heterocycles. The maximum atomic E-state index is 13.6. The van der Waals surface area contributed by atoms with Crippen LogP contribution in [0.3, 0.4) is 0 Å². The number of nitrogens with zero attached hydrogens (tertiary/aromatic N) is 1. The van der Waals surface area contributed by atoms with Gasteiger partial charge in [0.1, 0.15) is 6.61 Å². The Morgan fingerprint density at radius 1 is 1.19 bits per heavy atom. The molecule has 26 heavy (non-hydrogen) atoms. The van der Waals surface area contributed by atoms with Gasteiger partial charge in [-0.2, -0.15) is 0 Å². The van der Waals surface area contributed by atoms with E-state index in [-0.39, 0.29) is 18.1 Å². The fourth-order valence-electron chi connectivity index (χ4n) is 2.73. The van der Waals surface area contributed by atoms with Gasteiger partial charge in [-0.1, -0.05) is 6.07 Å². The van der Waals surface area contributed by atoms with E-state index in [1.807, 2.05) is 0 Å². The highest BCUT2D eigenvalue weighted by atomic mass is 32.2. The van der Waals surface area contributed by atoms with Crippen LogP contribution in [0.5, 0.6) is 5.75 Å². The molecule has 0 radical (unpaired) electrons. The Morgan fingerprint density at radius 2 is 1.92 bits per heavy atom. The summed E-state index contributed by atoms with van der Waals surface area (Å²) in [7, 11) is -1.89. The highest BCUT2D eigenvalue weighted by Crippen LogP contribution is 2.24. The zero-order valence-electron chi connectivity index (χ0n) is 14.1. The van der Waals surface area contributed by atoms with Gasteiger partial charge in [0.15, 0.2) is 11.6 Å². The van der Waals surface area contributed by atoms with Crippen molar-refractivity contribution in [2.75, 3.05) is 23.7 Å². The predicted octanol–water partition coefficient (Wildman–Crippen LogP) is 2.73. The van der Waals surface area contributed by atoms with Crippen molar-refractivity contribution in [2.24, 2.45) is 0 Å². The lowest BCUT2D eigenvalue weighted by Gasteiger charge is -2.16. The molecular weight excluding hydrogens is 361 g/mol. The molecule has 3 rings (SSSR count). The molecule has 8 heteroatoms. The highest BCUT2D eigenvalue weighted by Gasteiger charge is 2.28. The van der Waals surface area contributed by atoms with Gasteiger partial charge in [-0.3, -0.25) is 4.31 Å². The largest absolute Gasteiger partial charge is 0.494 e. The first kappa shape index (κ1) is 18.2. The zero-order chi connectivity index (χ0) is 18.7. The number of hydrogen-bond acceptors (Lipinski definition) is 5. The van der Waals surface area contributed by atoms with Crippen molar-refractivity contribution in [3.63, 3.8) is 0 Å². The van der Waals surface area contributed by atoms with E-state index >= 15 is 0 Å². The summed E-state index contributed by atoms with van der Waals surface area (Å²) in [4.78, 5) is 12.1. The summed E-state index contributed by atoms with van der Waals surface area (Å²) in [6, 6.07) is 10.5. The van der Waals surface area contributed by atoms with Crippen molar-refractivity contribution >= 4 is 21.7 Å². The molecule has 1 heterocycles. The molecule has 0 aliphatic carbocycles. The molecule has 2 aromatic rings. The third-order valence-corrected chi connectivity index (χ3v) is 5.95. The monoisotopic (exact) mass is 379 g/mol. The average molecular weight is 379 g/mol. The van der Waals surface area contributed by atoms with Crippen molar-refractivity contribution in [3.05, 3.63) is 59.4 Å². The molecule has 0 amide bonds. The number of esters is 1. The molecule has 1 aliphatic rings. The van der Waals surface area contributed by atoms with Crippen LogP contribution in [0, 0.1) is 5.82 Å². The standard InChI is InChI=1S/C18H18FNO5S/c1-24-17-8-3-13(11-16(17)19)12-25-18(21)14-4-6-15(7-5-14)20-9-2-10-26(20,22)23/h3-8,11H,2,9-10,12H2,1H3. The number of methoxy groups -OCH3 is 1. The van der Waals surface area contributed by atoms with E-state index in [0.29, 0.717) is 29.8 Å². The fraction of sp³-hybridized carbons (Fsp3) is 0.278. The minimum absolute atomic E-state index is 0.0813. The van der Waals surface area contributed by atoms with E-state index in [1.165, 1.54) is 35.7 Å². The number of hydrogen-bond donors (Lipinski definition) is 0. The minimum Gasteiger partial charge on any atom is -0.494 e. The summed E-state index contributed by atoms with van der Waals surface area (Å²) >= 11 is 0. The van der Waals surface area contributed by atoms with Crippen LogP contribution < -0.4 is 9.04 Å². The van der Waals surface area contributed by atoms with Crippen molar-refractivity contribution in [2.45, 2.75) is 13.0 Å². The minimum atomic E-state index is -3.26. The van der Waals surface area contributed by atoms with E-state index in [4.69, 9.17) is 9.47 Å². The molecule has 6 nitrogen and oxygen atoms in total. The highest BCUT2D eigenvalue weighted by molar-refractivity contribution is 7.93. The van der Waals surface area contributed by atoms with Gasteiger partial charge in [-0.05, 0) is 48.4 Å². The van der Waals surface area contributed by atoms with Gasteiger partial charge in [0, 0.05) is 6.54 Å². The first-order valence-electron chi connectivity index (χ1n) is 8.01. The van der Waals surface area contributed by atoms with Gasteiger partial charge in [-0.15, -0.1) is 0 Å². The normalized spacial score (nSPS) is 15.7. The molecule has 1 fully saturated rings. The number of ether oxygens (including phenoxy) is 2. The molecule has 2 aromatic carbocycles. The topological polar surface area (TPSA) is 72.9 Å². The second kappa shape index (κ2) is 7.33. The van der Waals surface area contributed by atoms with Gasteiger partial charge in [0.25, 0.3) is 0 Å². The Hall–Kier alpha value is -2.61. The van der Waals surface area contributed by atoms with Crippen LogP contribution in [0.1, 0.15) is 22.3 Å². The molecule has 0 aromatic heterocycles. The summed E-state index contributed by atoms with van der Waals surface area (Å²) in [5.74, 6) is -0.850. The Labute approximate surface area is 151 Å². The Morgan fingerprint density at radius 3 is 2.50 bits per heavy atom. The number of carbonyl (C=O) groups is 1. The number of halogens is 1. The van der Waals surface area contributed by atoms with Crippen molar-refractivity contribution < 1.29 is 27.1 Å². The maximum Gasteiger partial charge on any atom is 0.338 e. The van der Waals surface area contributed by atoms with Crippen LogP contribution in [-0.4, -0.2) is 33.8 Å². The van der Waals surface area contributed by atoms with Gasteiger partial charge in [-0.25, -0.2) is 17.6 Å². The summed E-state index contributed by atoms with van der Waals surface area (Å²) in [6.45, 7) is 0.358. The van der Waals surface area contributed by atoms with Crippen molar-refractivity contribution in [1.29, 1.82) is 0 Å². The van der Waals surface area contributed by atoms with E-state index in [2.05, 4.69) is 0 Å². The molecule has 0 N–H and O–H groups in total. The lowest BCUT2D eigenvalue weighted by Crippen LogP contribution is -2.25. The maximum absolute atomic E-state index is 13.6. The Bertz CT molecular complexity index is 912. The van der Waals surface area contributed by atoms with Crippen LogP contribution in [0.25, 0.3) is 0 Å². The molecule has 0 spiro atoms. The molecule has 138 valence electrons. The van der Waals surface area contributed by atoms with E-state index in [1.54, 1.807) is 18.2 Å². The number of carbonyl (C=O) groups excluding carboxylic acids is 1. The summed E-state index contributed by atoms with van der Waals surface area (Å²) in [5.41, 5.74) is 1.31. The van der Waals surface area contributed by atoms with Crippen LogP contribution in [0.15, 0.2) is 42.5 Å². The van der Waals surface area contributed by atoms with Crippen LogP contribution >= 0.6 is 0 Å². The average Bonchev–Trinajstić information content (AvgIpc) is 2.99. The van der Waals surface area contributed by atoms with E-state index in [9.17, 15) is 17.6 Å². The number of rotatable bonds is 5. The van der Waals surface area contributed by atoms with Crippen LogP contribution in [0.2, 0.25) is 0 Å². The summed E-state index contributed by atoms with van der Waals surface area (Å²) in [6.07, 6.45) is 0.588. The molecule has 0 unspecified atom stereocenters. The van der Waals surface area contributed by atoms with Crippen molar-refractivity contribution in [1.82, 2.24) is 0 Å². The van der Waals surface area contributed by atoms with Crippen molar-refractivity contribution in [3.8, 4) is 5.75 Å². The first-order chi connectivity index (χ1) is 12.4. The molecule has 0 saturated carbocycles. The fourth-order valence-corrected chi connectivity index (χ4v) is 4.29. The van der Waals surface area contributed by atoms with Gasteiger partial charge >= 0.3 is 5.97 Å². The lowest BCUT2D eigenvalue weighted by atomic mass is 10.2. The molecule has 0 atom stereocenters. The Balaban J connectivity index is 1.64. The predicted molar refractivity (Wildman–Crippen MR) is 94.3 cm³/mol. The zero-order valence-corrected chi connectivity index (χ0v) is 15.0. The van der Waals surface area contributed by atoms with Crippen LogP contribution in [-0.2, 0) is 21.4 Å². The van der Waals surface area contributed by atoms with Gasteiger partial charge in [0.2, 0.25) is 10.0 Å². The Kier molecular flexibility index (Phi) is 5.13. The molecule has 1 aliphatic heterocycles. The number of anilines is 1. The SMILES string of the molecule is COc1ccc(COC(=O)c2ccc(N3CCCS3(=O)=O)cc2)cc1F. The van der Waals surface area contributed by atoms with Gasteiger partial charge < -0.3 is 9.47 Å². The second-order valence-electron chi connectivity index (χ2n) is 5.83. The lowest BCUT2D eigenvalue weighted by molar-refractivity contribution is 0.0472.